The Morgan fingerprint density at radius 2 is 1.71 bits per heavy atom. The van der Waals surface area contributed by atoms with E-state index >= 15 is 0 Å². The Morgan fingerprint density at radius 1 is 1.10 bits per heavy atom. The zero-order valence-corrected chi connectivity index (χ0v) is 13.4. The van der Waals surface area contributed by atoms with Gasteiger partial charge >= 0.3 is 0 Å². The maximum Gasteiger partial charge on any atom is 0.126 e. The summed E-state index contributed by atoms with van der Waals surface area (Å²) in [5.41, 5.74) is 0.606. The molecule has 2 nitrogen and oxygen atoms in total. The highest BCUT2D eigenvalue weighted by Gasteiger charge is 2.51. The van der Waals surface area contributed by atoms with Gasteiger partial charge in [0.05, 0.1) is 6.10 Å². The third kappa shape index (κ3) is 2.80. The number of fused-ring (bicyclic) bond motifs is 1. The number of hydrogen-bond donors (Lipinski definition) is 1. The molecule has 1 aliphatic heterocycles. The van der Waals surface area contributed by atoms with Crippen molar-refractivity contribution < 1.29 is 14.2 Å². The molecule has 1 aliphatic carbocycles. The molecular formula is C18H25FO2. The molecule has 0 radical (unpaired) electrons. The molecule has 1 saturated carbocycles. The van der Waals surface area contributed by atoms with Crippen LogP contribution in [0.5, 0.6) is 5.75 Å². The fourth-order valence-electron chi connectivity index (χ4n) is 5.05. The van der Waals surface area contributed by atoms with Gasteiger partial charge in [-0.05, 0) is 48.3 Å². The molecule has 1 N–H and O–H groups in total. The summed E-state index contributed by atoms with van der Waals surface area (Å²) in [5.74, 6) is 0.320. The molecule has 1 heterocycles. The average Bonchev–Trinajstić information content (AvgIpc) is 2.25. The average molecular weight is 292 g/mol. The fourth-order valence-corrected chi connectivity index (χ4v) is 5.05. The van der Waals surface area contributed by atoms with Crippen LogP contribution in [-0.4, -0.2) is 10.7 Å². The Hall–Kier alpha value is -1.09. The second-order valence-electron chi connectivity index (χ2n) is 8.55. The normalized spacial score (nSPS) is 28.8. The van der Waals surface area contributed by atoms with Crippen molar-refractivity contribution in [1.29, 1.82) is 0 Å². The summed E-state index contributed by atoms with van der Waals surface area (Å²) < 4.78 is 19.7. The third-order valence-electron chi connectivity index (χ3n) is 4.78. The minimum atomic E-state index is -0.644. The molecule has 0 bridgehead atoms. The first-order valence-electron chi connectivity index (χ1n) is 7.77. The lowest BCUT2D eigenvalue weighted by atomic mass is 9.58. The zero-order chi connectivity index (χ0) is 15.5. The van der Waals surface area contributed by atoms with Crippen molar-refractivity contribution >= 4 is 0 Å². The highest BCUT2D eigenvalue weighted by molar-refractivity contribution is 5.39. The Labute approximate surface area is 126 Å². The summed E-state index contributed by atoms with van der Waals surface area (Å²) in [7, 11) is 0. The number of halogens is 1. The van der Waals surface area contributed by atoms with Gasteiger partial charge in [-0.25, -0.2) is 4.39 Å². The lowest BCUT2D eigenvalue weighted by Crippen LogP contribution is -2.52. The zero-order valence-electron chi connectivity index (χ0n) is 13.4. The van der Waals surface area contributed by atoms with Crippen LogP contribution in [0.25, 0.3) is 0 Å². The van der Waals surface area contributed by atoms with Gasteiger partial charge < -0.3 is 9.84 Å². The smallest absolute Gasteiger partial charge is 0.126 e. The van der Waals surface area contributed by atoms with E-state index in [4.69, 9.17) is 4.74 Å². The van der Waals surface area contributed by atoms with Crippen molar-refractivity contribution in [2.45, 2.75) is 65.1 Å². The maximum absolute atomic E-state index is 13.4. The van der Waals surface area contributed by atoms with Gasteiger partial charge in [0.1, 0.15) is 17.2 Å². The monoisotopic (exact) mass is 292 g/mol. The molecule has 1 spiro atoms. The van der Waals surface area contributed by atoms with Crippen LogP contribution in [0.3, 0.4) is 0 Å². The van der Waals surface area contributed by atoms with Gasteiger partial charge in [-0.2, -0.15) is 0 Å². The molecule has 0 unspecified atom stereocenters. The Balaban J connectivity index is 1.99. The first-order valence-corrected chi connectivity index (χ1v) is 7.77. The Morgan fingerprint density at radius 3 is 2.33 bits per heavy atom. The number of aliphatic hydroxyl groups is 1. The summed E-state index contributed by atoms with van der Waals surface area (Å²) in [6, 6.07) is 4.46. The topological polar surface area (TPSA) is 29.5 Å². The summed E-state index contributed by atoms with van der Waals surface area (Å²) >= 11 is 0. The summed E-state index contributed by atoms with van der Waals surface area (Å²) in [5, 5.41) is 10.5. The molecule has 0 saturated heterocycles. The predicted octanol–water partition coefficient (Wildman–Crippen LogP) is 4.62. The first kappa shape index (κ1) is 14.8. The van der Waals surface area contributed by atoms with E-state index in [-0.39, 0.29) is 22.2 Å². The molecule has 0 aromatic heterocycles. The second-order valence-corrected chi connectivity index (χ2v) is 8.55. The van der Waals surface area contributed by atoms with Crippen LogP contribution >= 0.6 is 0 Å². The van der Waals surface area contributed by atoms with Gasteiger partial charge in [0.2, 0.25) is 0 Å². The summed E-state index contributed by atoms with van der Waals surface area (Å²) in [6.07, 6.45) is 2.91. The van der Waals surface area contributed by atoms with Crippen molar-refractivity contribution in [3.63, 3.8) is 0 Å². The van der Waals surface area contributed by atoms with E-state index in [1.54, 1.807) is 6.07 Å². The van der Waals surface area contributed by atoms with E-state index in [0.717, 1.165) is 19.3 Å². The largest absolute Gasteiger partial charge is 0.487 e. The Kier molecular flexibility index (Phi) is 3.14. The number of benzene rings is 1. The molecule has 1 fully saturated rings. The highest BCUT2D eigenvalue weighted by Crippen LogP contribution is 2.56. The molecule has 116 valence electrons. The summed E-state index contributed by atoms with van der Waals surface area (Å²) in [4.78, 5) is 0. The molecule has 2 aliphatic rings. The van der Waals surface area contributed by atoms with E-state index < -0.39 is 6.10 Å². The highest BCUT2D eigenvalue weighted by atomic mass is 19.1. The number of hydrogen-bond acceptors (Lipinski definition) is 2. The molecule has 1 aromatic rings. The van der Waals surface area contributed by atoms with E-state index in [0.29, 0.717) is 17.7 Å². The van der Waals surface area contributed by atoms with Crippen LogP contribution in [-0.2, 0) is 0 Å². The van der Waals surface area contributed by atoms with Crippen molar-refractivity contribution in [3.8, 4) is 5.75 Å². The van der Waals surface area contributed by atoms with Crippen LogP contribution in [0.15, 0.2) is 18.2 Å². The van der Waals surface area contributed by atoms with Crippen LogP contribution in [0, 0.1) is 16.6 Å². The first-order chi connectivity index (χ1) is 9.60. The van der Waals surface area contributed by atoms with E-state index in [2.05, 4.69) is 27.7 Å². The van der Waals surface area contributed by atoms with Crippen molar-refractivity contribution in [1.82, 2.24) is 0 Å². The van der Waals surface area contributed by atoms with E-state index in [9.17, 15) is 9.50 Å². The van der Waals surface area contributed by atoms with E-state index in [1.165, 1.54) is 12.1 Å². The molecule has 1 atom stereocenters. The number of aliphatic hydroxyl groups excluding tert-OH is 1. The van der Waals surface area contributed by atoms with Gasteiger partial charge in [-0.1, -0.05) is 27.7 Å². The summed E-state index contributed by atoms with van der Waals surface area (Å²) in [6.45, 7) is 9.08. The Bertz CT molecular complexity index is 546. The van der Waals surface area contributed by atoms with Crippen LogP contribution in [0.4, 0.5) is 4.39 Å². The van der Waals surface area contributed by atoms with Gasteiger partial charge in [0.15, 0.2) is 0 Å². The molecule has 3 heteroatoms. The van der Waals surface area contributed by atoms with Crippen molar-refractivity contribution in [3.05, 3.63) is 29.6 Å². The SMILES string of the molecule is CC1(C)CC(C)(C)CC2(C[C@@H](O)c3cc(F)ccc3O2)C1. The lowest BCUT2D eigenvalue weighted by molar-refractivity contribution is -0.104. The molecule has 3 rings (SSSR count). The minimum absolute atomic E-state index is 0.180. The molecule has 0 amide bonds. The standard InChI is InChI=1S/C18H25FO2/c1-16(2)9-17(3,4)11-18(10-16)8-14(20)13-7-12(19)5-6-15(13)21-18/h5-7,14,20H,8-11H2,1-4H3/t14-/m1/s1. The van der Waals surface area contributed by atoms with Gasteiger partial charge in [-0.3, -0.25) is 0 Å². The van der Waals surface area contributed by atoms with Crippen molar-refractivity contribution in [2.75, 3.05) is 0 Å². The molecular weight excluding hydrogens is 267 g/mol. The quantitative estimate of drug-likeness (QED) is 0.756. The van der Waals surface area contributed by atoms with Gasteiger partial charge in [0.25, 0.3) is 0 Å². The number of ether oxygens (including phenoxy) is 1. The van der Waals surface area contributed by atoms with E-state index in [1.807, 2.05) is 0 Å². The molecule has 21 heavy (non-hydrogen) atoms. The number of rotatable bonds is 0. The van der Waals surface area contributed by atoms with Crippen LogP contribution < -0.4 is 4.74 Å². The van der Waals surface area contributed by atoms with Gasteiger partial charge in [0, 0.05) is 12.0 Å². The maximum atomic E-state index is 13.4. The van der Waals surface area contributed by atoms with Gasteiger partial charge in [-0.15, -0.1) is 0 Å². The fraction of sp³-hybridized carbons (Fsp3) is 0.667. The van der Waals surface area contributed by atoms with Crippen LogP contribution in [0.2, 0.25) is 0 Å². The van der Waals surface area contributed by atoms with Crippen molar-refractivity contribution in [2.24, 2.45) is 10.8 Å². The predicted molar refractivity (Wildman–Crippen MR) is 80.7 cm³/mol. The van der Waals surface area contributed by atoms with Crippen LogP contribution in [0.1, 0.15) is 65.0 Å². The molecule has 1 aromatic carbocycles. The second kappa shape index (κ2) is 4.45. The lowest BCUT2D eigenvalue weighted by Gasteiger charge is -2.54. The minimum Gasteiger partial charge on any atom is -0.487 e. The third-order valence-corrected chi connectivity index (χ3v) is 4.78.